The monoisotopic (exact) mass is 350 g/mol. The minimum absolute atomic E-state index is 0.183. The first-order valence-electron chi connectivity index (χ1n) is 6.11. The maximum absolute atomic E-state index is 13.2. The highest BCUT2D eigenvalue weighted by molar-refractivity contribution is 9.10. The van der Waals surface area contributed by atoms with E-state index in [0.29, 0.717) is 10.2 Å². The van der Waals surface area contributed by atoms with Crippen LogP contribution in [0.15, 0.2) is 22.7 Å². The summed E-state index contributed by atoms with van der Waals surface area (Å²) in [6, 6.07) is 5.06. The van der Waals surface area contributed by atoms with Crippen LogP contribution in [0.2, 0.25) is 0 Å². The summed E-state index contributed by atoms with van der Waals surface area (Å²) in [4.78, 5) is 12.1. The van der Waals surface area contributed by atoms with Gasteiger partial charge in [-0.25, -0.2) is 0 Å². The van der Waals surface area contributed by atoms with Crippen LogP contribution in [0.5, 0.6) is 0 Å². The summed E-state index contributed by atoms with van der Waals surface area (Å²) in [5.41, 5.74) is -1.06. The average Bonchev–Trinajstić information content (AvgIpc) is 2.82. The maximum atomic E-state index is 13.2. The van der Waals surface area contributed by atoms with E-state index in [0.717, 1.165) is 5.56 Å². The zero-order valence-corrected chi connectivity index (χ0v) is 12.4. The van der Waals surface area contributed by atoms with Gasteiger partial charge in [-0.1, -0.05) is 6.07 Å². The second-order valence-electron chi connectivity index (χ2n) is 4.94. The molecule has 0 saturated carbocycles. The molecule has 1 aliphatic heterocycles. The van der Waals surface area contributed by atoms with Crippen LogP contribution in [-0.4, -0.2) is 25.2 Å². The summed E-state index contributed by atoms with van der Waals surface area (Å²) in [5.74, 6) is -1.01. The van der Waals surface area contributed by atoms with Crippen molar-refractivity contribution in [3.05, 3.63) is 28.2 Å². The molecular weight excluding hydrogens is 337 g/mol. The number of benzene rings is 1. The lowest BCUT2D eigenvalue weighted by atomic mass is 9.85. The summed E-state index contributed by atoms with van der Waals surface area (Å²) < 4.78 is 40.2. The Kier molecular flexibility index (Phi) is 4.11. The smallest absolute Gasteiger partial charge is 0.324 e. The van der Waals surface area contributed by atoms with Crippen LogP contribution in [0.3, 0.4) is 0 Å². The number of hydrogen-bond donors (Lipinski definition) is 2. The molecule has 0 bridgehead atoms. The average molecular weight is 351 g/mol. The van der Waals surface area contributed by atoms with Crippen LogP contribution in [0.1, 0.15) is 12.0 Å². The van der Waals surface area contributed by atoms with E-state index >= 15 is 0 Å². The van der Waals surface area contributed by atoms with E-state index in [-0.39, 0.29) is 19.5 Å². The Morgan fingerprint density at radius 2 is 2.15 bits per heavy atom. The Morgan fingerprint density at radius 1 is 1.45 bits per heavy atom. The number of rotatable bonds is 2. The largest absolute Gasteiger partial charge is 0.404 e. The number of carbonyl (C=O) groups excluding carboxylic acids is 1. The van der Waals surface area contributed by atoms with Gasteiger partial charge in [0.15, 0.2) is 5.41 Å². The van der Waals surface area contributed by atoms with Gasteiger partial charge in [0, 0.05) is 11.0 Å². The predicted octanol–water partition coefficient (Wildman–Crippen LogP) is 3.24. The van der Waals surface area contributed by atoms with Gasteiger partial charge in [0.05, 0.1) is 5.69 Å². The van der Waals surface area contributed by atoms with E-state index in [2.05, 4.69) is 26.6 Å². The number of aryl methyl sites for hydroxylation is 1. The molecule has 2 N–H and O–H groups in total. The van der Waals surface area contributed by atoms with E-state index in [4.69, 9.17) is 0 Å². The minimum Gasteiger partial charge on any atom is -0.324 e. The first kappa shape index (κ1) is 15.3. The minimum atomic E-state index is -4.57. The van der Waals surface area contributed by atoms with Gasteiger partial charge >= 0.3 is 6.18 Å². The standard InChI is InChI=1S/C13H14BrF3N2O/c1-8-2-3-10(9(14)6-8)19-11(20)12(13(15,16)17)4-5-18-7-12/h2-3,6,18H,4-5,7H2,1H3,(H,19,20). The molecular formula is C13H14BrF3N2O. The van der Waals surface area contributed by atoms with Gasteiger partial charge in [0.2, 0.25) is 5.91 Å². The van der Waals surface area contributed by atoms with E-state index < -0.39 is 17.5 Å². The summed E-state index contributed by atoms with van der Waals surface area (Å²) in [6.45, 7) is 1.66. The van der Waals surface area contributed by atoms with Crippen molar-refractivity contribution < 1.29 is 18.0 Å². The lowest BCUT2D eigenvalue weighted by Crippen LogP contribution is -2.49. The molecule has 110 valence electrons. The zero-order valence-electron chi connectivity index (χ0n) is 10.8. The molecule has 7 heteroatoms. The molecule has 1 unspecified atom stereocenters. The Balaban J connectivity index is 2.26. The molecule has 0 radical (unpaired) electrons. The predicted molar refractivity (Wildman–Crippen MR) is 73.5 cm³/mol. The normalized spacial score (nSPS) is 22.9. The molecule has 2 rings (SSSR count). The number of nitrogens with one attached hydrogen (secondary N) is 2. The van der Waals surface area contributed by atoms with Crippen molar-refractivity contribution in [2.75, 3.05) is 18.4 Å². The first-order chi connectivity index (χ1) is 9.26. The molecule has 20 heavy (non-hydrogen) atoms. The van der Waals surface area contributed by atoms with E-state index in [1.807, 2.05) is 6.92 Å². The van der Waals surface area contributed by atoms with E-state index in [1.54, 1.807) is 18.2 Å². The molecule has 0 aromatic heterocycles. The van der Waals surface area contributed by atoms with Gasteiger partial charge in [0.25, 0.3) is 0 Å². The quantitative estimate of drug-likeness (QED) is 0.859. The van der Waals surface area contributed by atoms with Crippen molar-refractivity contribution in [2.24, 2.45) is 5.41 Å². The number of anilines is 1. The van der Waals surface area contributed by atoms with Crippen LogP contribution in [-0.2, 0) is 4.79 Å². The molecule has 1 aromatic rings. The fourth-order valence-electron chi connectivity index (χ4n) is 2.22. The van der Waals surface area contributed by atoms with Crippen molar-refractivity contribution in [1.29, 1.82) is 0 Å². The molecule has 1 aromatic carbocycles. The fraction of sp³-hybridized carbons (Fsp3) is 0.462. The van der Waals surface area contributed by atoms with Crippen LogP contribution < -0.4 is 10.6 Å². The Hall–Kier alpha value is -1.08. The number of hydrogen-bond acceptors (Lipinski definition) is 2. The van der Waals surface area contributed by atoms with Crippen molar-refractivity contribution >= 4 is 27.5 Å². The summed E-state index contributed by atoms with van der Waals surface area (Å²) in [6.07, 6.45) is -4.82. The molecule has 1 amide bonds. The molecule has 1 atom stereocenters. The fourth-order valence-corrected chi connectivity index (χ4v) is 2.81. The van der Waals surface area contributed by atoms with Crippen molar-refractivity contribution in [3.63, 3.8) is 0 Å². The van der Waals surface area contributed by atoms with Crippen LogP contribution >= 0.6 is 15.9 Å². The lowest BCUT2D eigenvalue weighted by Gasteiger charge is -2.29. The van der Waals surface area contributed by atoms with E-state index in [1.165, 1.54) is 0 Å². The van der Waals surface area contributed by atoms with Gasteiger partial charge < -0.3 is 10.6 Å². The highest BCUT2D eigenvalue weighted by atomic mass is 79.9. The van der Waals surface area contributed by atoms with E-state index in [9.17, 15) is 18.0 Å². The van der Waals surface area contributed by atoms with Gasteiger partial charge in [-0.15, -0.1) is 0 Å². The van der Waals surface area contributed by atoms with Gasteiger partial charge in [-0.3, -0.25) is 4.79 Å². The second-order valence-corrected chi connectivity index (χ2v) is 5.80. The van der Waals surface area contributed by atoms with Crippen LogP contribution in [0.25, 0.3) is 0 Å². The number of carbonyl (C=O) groups is 1. The number of halogens is 4. The Bertz CT molecular complexity index is 525. The highest BCUT2D eigenvalue weighted by Gasteiger charge is 2.61. The van der Waals surface area contributed by atoms with Crippen LogP contribution in [0.4, 0.5) is 18.9 Å². The Labute approximate surface area is 123 Å². The summed E-state index contributed by atoms with van der Waals surface area (Å²) >= 11 is 3.24. The van der Waals surface area contributed by atoms with Crippen molar-refractivity contribution in [2.45, 2.75) is 19.5 Å². The van der Waals surface area contributed by atoms with Crippen molar-refractivity contribution in [1.82, 2.24) is 5.32 Å². The molecule has 0 aliphatic carbocycles. The van der Waals surface area contributed by atoms with Gasteiger partial charge in [-0.05, 0) is 53.5 Å². The highest BCUT2D eigenvalue weighted by Crippen LogP contribution is 2.44. The zero-order chi connectivity index (χ0) is 15.0. The number of alkyl halides is 3. The third kappa shape index (κ3) is 2.69. The molecule has 1 fully saturated rings. The topological polar surface area (TPSA) is 41.1 Å². The maximum Gasteiger partial charge on any atom is 0.404 e. The molecule has 0 spiro atoms. The van der Waals surface area contributed by atoms with Gasteiger partial charge in [-0.2, -0.15) is 13.2 Å². The van der Waals surface area contributed by atoms with Crippen molar-refractivity contribution in [3.8, 4) is 0 Å². The first-order valence-corrected chi connectivity index (χ1v) is 6.91. The molecule has 3 nitrogen and oxygen atoms in total. The van der Waals surface area contributed by atoms with Gasteiger partial charge in [0.1, 0.15) is 0 Å². The number of amides is 1. The van der Waals surface area contributed by atoms with Crippen LogP contribution in [0, 0.1) is 12.3 Å². The Morgan fingerprint density at radius 3 is 2.65 bits per heavy atom. The second kappa shape index (κ2) is 5.37. The summed E-state index contributed by atoms with van der Waals surface area (Å²) in [7, 11) is 0. The molecule has 1 heterocycles. The lowest BCUT2D eigenvalue weighted by molar-refractivity contribution is -0.213. The summed E-state index contributed by atoms with van der Waals surface area (Å²) in [5, 5.41) is 5.00. The third-order valence-corrected chi connectivity index (χ3v) is 4.16. The molecule has 1 saturated heterocycles. The third-order valence-electron chi connectivity index (χ3n) is 3.51. The SMILES string of the molecule is Cc1ccc(NC(=O)C2(C(F)(F)F)CCNC2)c(Br)c1. The molecule has 1 aliphatic rings.